The van der Waals surface area contributed by atoms with Gasteiger partial charge in [0.2, 0.25) is 0 Å². The van der Waals surface area contributed by atoms with Gasteiger partial charge in [-0.1, -0.05) is 0 Å². The van der Waals surface area contributed by atoms with Crippen molar-refractivity contribution < 1.29 is 27.8 Å². The summed E-state index contributed by atoms with van der Waals surface area (Å²) in [6, 6.07) is -0.216. The summed E-state index contributed by atoms with van der Waals surface area (Å²) in [7, 11) is 2.95. The second-order valence-electron chi connectivity index (χ2n) is 3.85. The van der Waals surface area contributed by atoms with Gasteiger partial charge in [-0.25, -0.2) is 0 Å². The Morgan fingerprint density at radius 3 is 2.24 bits per heavy atom. The largest absolute Gasteiger partial charge is 0.415 e. The maximum absolute atomic E-state index is 12.2. The molecule has 0 aliphatic carbocycles. The molecule has 0 amide bonds. The predicted molar refractivity (Wildman–Crippen MR) is 56.8 cm³/mol. The fourth-order valence-electron chi connectivity index (χ4n) is 1.37. The molecule has 0 aliphatic rings. The van der Waals surface area contributed by atoms with E-state index in [9.17, 15) is 13.2 Å². The Morgan fingerprint density at radius 2 is 1.82 bits per heavy atom. The molecule has 104 valence electrons. The number of aliphatic hydroxyl groups excluding tert-OH is 1. The number of hydrogen-bond donors (Lipinski definition) is 1. The Morgan fingerprint density at radius 1 is 1.24 bits per heavy atom. The van der Waals surface area contributed by atoms with Crippen LogP contribution in [0.25, 0.3) is 0 Å². The number of alkyl halides is 3. The minimum absolute atomic E-state index is 0.216. The van der Waals surface area contributed by atoms with E-state index in [1.165, 1.54) is 19.1 Å². The lowest BCUT2D eigenvalue weighted by Gasteiger charge is -2.30. The van der Waals surface area contributed by atoms with Gasteiger partial charge in [-0.3, -0.25) is 4.90 Å². The average Bonchev–Trinajstić information content (AvgIpc) is 2.22. The second-order valence-corrected chi connectivity index (χ2v) is 3.85. The molecule has 0 saturated carbocycles. The van der Waals surface area contributed by atoms with Crippen molar-refractivity contribution in [3.8, 4) is 0 Å². The number of methoxy groups -OCH3 is 2. The zero-order valence-electron chi connectivity index (χ0n) is 10.3. The summed E-state index contributed by atoms with van der Waals surface area (Å²) >= 11 is 0. The Balaban J connectivity index is 4.36. The zero-order chi connectivity index (χ0) is 13.5. The lowest BCUT2D eigenvalue weighted by atomic mass is 10.2. The van der Waals surface area contributed by atoms with E-state index in [4.69, 9.17) is 14.6 Å². The molecule has 0 aromatic rings. The third-order valence-corrected chi connectivity index (χ3v) is 2.40. The Labute approximate surface area is 99.3 Å². The highest BCUT2D eigenvalue weighted by Gasteiger charge is 2.39. The molecule has 0 rings (SSSR count). The summed E-state index contributed by atoms with van der Waals surface area (Å²) in [5.74, 6) is 0. The highest BCUT2D eigenvalue weighted by Crippen LogP contribution is 2.21. The second kappa shape index (κ2) is 7.86. The van der Waals surface area contributed by atoms with Crippen molar-refractivity contribution in [3.63, 3.8) is 0 Å². The topological polar surface area (TPSA) is 41.9 Å². The van der Waals surface area contributed by atoms with E-state index in [0.717, 1.165) is 0 Å². The number of hydrogen-bond acceptors (Lipinski definition) is 4. The van der Waals surface area contributed by atoms with Crippen LogP contribution in [0.5, 0.6) is 0 Å². The molecule has 2 unspecified atom stereocenters. The summed E-state index contributed by atoms with van der Waals surface area (Å²) in [4.78, 5) is 1.49. The molecule has 7 heteroatoms. The van der Waals surface area contributed by atoms with Crippen LogP contribution in [0.1, 0.15) is 6.92 Å². The lowest BCUT2D eigenvalue weighted by Crippen LogP contribution is -2.47. The molecule has 0 radical (unpaired) electrons. The van der Waals surface area contributed by atoms with Crippen LogP contribution in [0.15, 0.2) is 0 Å². The number of rotatable bonds is 8. The Kier molecular flexibility index (Phi) is 7.69. The molecule has 0 saturated heterocycles. The molecule has 0 spiro atoms. The van der Waals surface area contributed by atoms with Gasteiger partial charge in [0, 0.05) is 33.4 Å². The van der Waals surface area contributed by atoms with Gasteiger partial charge in [0.05, 0.1) is 13.2 Å². The van der Waals surface area contributed by atoms with Crippen LogP contribution in [-0.4, -0.2) is 68.9 Å². The van der Waals surface area contributed by atoms with Gasteiger partial charge < -0.3 is 14.6 Å². The van der Waals surface area contributed by atoms with Crippen LogP contribution < -0.4 is 0 Å². The van der Waals surface area contributed by atoms with E-state index in [2.05, 4.69) is 0 Å². The van der Waals surface area contributed by atoms with Crippen molar-refractivity contribution in [2.75, 3.05) is 40.5 Å². The number of ether oxygens (including phenoxy) is 2. The van der Waals surface area contributed by atoms with Crippen molar-refractivity contribution in [2.24, 2.45) is 0 Å². The van der Waals surface area contributed by atoms with E-state index in [1.54, 1.807) is 6.92 Å². The van der Waals surface area contributed by atoms with Crippen LogP contribution in [0.2, 0.25) is 0 Å². The van der Waals surface area contributed by atoms with Gasteiger partial charge in [0.1, 0.15) is 0 Å². The third kappa shape index (κ3) is 6.82. The van der Waals surface area contributed by atoms with Gasteiger partial charge in [0.15, 0.2) is 6.10 Å². The van der Waals surface area contributed by atoms with Crippen molar-refractivity contribution in [1.82, 2.24) is 4.90 Å². The van der Waals surface area contributed by atoms with Crippen LogP contribution in [0.3, 0.4) is 0 Å². The minimum Gasteiger partial charge on any atom is -0.383 e. The van der Waals surface area contributed by atoms with E-state index in [0.29, 0.717) is 19.8 Å². The van der Waals surface area contributed by atoms with Crippen molar-refractivity contribution in [1.29, 1.82) is 0 Å². The standard InChI is InChI=1S/C10H20F3NO3/c1-8(7-17-3)14(4-5-16-2)6-9(15)10(11,12)13/h8-9,15H,4-7H2,1-3H3. The molecule has 2 atom stereocenters. The van der Waals surface area contributed by atoms with Crippen molar-refractivity contribution in [3.05, 3.63) is 0 Å². The van der Waals surface area contributed by atoms with Crippen LogP contribution >= 0.6 is 0 Å². The quantitative estimate of drug-likeness (QED) is 0.703. The van der Waals surface area contributed by atoms with Gasteiger partial charge in [-0.2, -0.15) is 13.2 Å². The molecule has 17 heavy (non-hydrogen) atoms. The fourth-order valence-corrected chi connectivity index (χ4v) is 1.37. The highest BCUT2D eigenvalue weighted by atomic mass is 19.4. The molecule has 4 nitrogen and oxygen atoms in total. The molecule has 0 aromatic carbocycles. The number of aliphatic hydroxyl groups is 1. The zero-order valence-corrected chi connectivity index (χ0v) is 10.3. The molecule has 0 heterocycles. The summed E-state index contributed by atoms with van der Waals surface area (Å²) in [5.41, 5.74) is 0. The number of nitrogens with zero attached hydrogens (tertiary/aromatic N) is 1. The molecular formula is C10H20F3NO3. The molecule has 0 bridgehead atoms. The SMILES string of the molecule is COCCN(CC(O)C(F)(F)F)C(C)COC. The monoisotopic (exact) mass is 259 g/mol. The van der Waals surface area contributed by atoms with Crippen LogP contribution in [-0.2, 0) is 9.47 Å². The number of halogens is 3. The fraction of sp³-hybridized carbons (Fsp3) is 1.00. The van der Waals surface area contributed by atoms with Crippen molar-refractivity contribution >= 4 is 0 Å². The molecule has 0 aliphatic heterocycles. The summed E-state index contributed by atoms with van der Waals surface area (Å²) in [5, 5.41) is 9.02. The Bertz CT molecular complexity index is 202. The molecular weight excluding hydrogens is 239 g/mol. The van der Waals surface area contributed by atoms with Crippen molar-refractivity contribution in [2.45, 2.75) is 25.2 Å². The van der Waals surface area contributed by atoms with Crippen LogP contribution in [0.4, 0.5) is 13.2 Å². The summed E-state index contributed by atoms with van der Waals surface area (Å²) in [6.45, 7) is 2.18. The maximum Gasteiger partial charge on any atom is 0.415 e. The summed E-state index contributed by atoms with van der Waals surface area (Å²) in [6.07, 6.45) is -6.95. The van der Waals surface area contributed by atoms with Gasteiger partial charge in [0.25, 0.3) is 0 Å². The normalized spacial score (nSPS) is 16.2. The molecule has 0 aromatic heterocycles. The smallest absolute Gasteiger partial charge is 0.383 e. The highest BCUT2D eigenvalue weighted by molar-refractivity contribution is 4.75. The van der Waals surface area contributed by atoms with E-state index in [-0.39, 0.29) is 6.04 Å². The van der Waals surface area contributed by atoms with E-state index >= 15 is 0 Å². The average molecular weight is 259 g/mol. The first-order chi connectivity index (χ1) is 7.82. The lowest BCUT2D eigenvalue weighted by molar-refractivity contribution is -0.210. The van der Waals surface area contributed by atoms with E-state index < -0.39 is 18.8 Å². The molecule has 0 fully saturated rings. The van der Waals surface area contributed by atoms with Gasteiger partial charge >= 0.3 is 6.18 Å². The third-order valence-electron chi connectivity index (χ3n) is 2.40. The first-order valence-corrected chi connectivity index (χ1v) is 5.29. The van der Waals surface area contributed by atoms with Gasteiger partial charge in [-0.15, -0.1) is 0 Å². The Hall–Kier alpha value is -0.370. The van der Waals surface area contributed by atoms with Crippen LogP contribution in [0, 0.1) is 0 Å². The minimum atomic E-state index is -4.60. The van der Waals surface area contributed by atoms with Gasteiger partial charge in [-0.05, 0) is 6.92 Å². The van der Waals surface area contributed by atoms with E-state index in [1.807, 2.05) is 0 Å². The molecule has 1 N–H and O–H groups in total. The first kappa shape index (κ1) is 16.6. The summed E-state index contributed by atoms with van der Waals surface area (Å²) < 4.78 is 46.4. The predicted octanol–water partition coefficient (Wildman–Crippen LogP) is 0.893. The maximum atomic E-state index is 12.2. The first-order valence-electron chi connectivity index (χ1n) is 5.29.